The van der Waals surface area contributed by atoms with Crippen molar-refractivity contribution < 1.29 is 48.0 Å². The number of rotatable bonds is 2. The Bertz CT molecular complexity index is 678. The molecule has 2 aromatic rings. The Morgan fingerprint density at radius 3 is 2.43 bits per heavy atom. The molecule has 0 radical (unpaired) electrons. The third-order valence-electron chi connectivity index (χ3n) is 3.51. The Labute approximate surface area is 150 Å². The van der Waals surface area contributed by atoms with E-state index in [-0.39, 0.29) is 30.2 Å². The first kappa shape index (κ1) is 18.8. The first-order chi connectivity index (χ1) is 9.05. The van der Waals surface area contributed by atoms with Crippen molar-refractivity contribution in [3.8, 4) is 0 Å². The number of aromatic amines is 1. The normalized spacial score (nSPS) is 13.4. The molecule has 1 heterocycles. The minimum atomic E-state index is -0.673. The largest absolute Gasteiger partial charge is 1.00 e. The van der Waals surface area contributed by atoms with Crippen molar-refractivity contribution in [1.82, 2.24) is 4.98 Å². The molecule has 3 rings (SSSR count). The third kappa shape index (κ3) is 3.92. The van der Waals surface area contributed by atoms with Crippen molar-refractivity contribution in [2.45, 2.75) is 32.6 Å². The summed E-state index contributed by atoms with van der Waals surface area (Å²) in [6, 6.07) is 8.73. The zero-order valence-corrected chi connectivity index (χ0v) is 16.5. The average Bonchev–Trinajstić information content (AvgIpc) is 2.94. The van der Waals surface area contributed by atoms with Crippen LogP contribution >= 0.6 is 0 Å². The quantitative estimate of drug-likeness (QED) is 0.603. The van der Waals surface area contributed by atoms with Crippen LogP contribution in [-0.2, 0) is 28.6 Å². The molecule has 0 saturated heterocycles. The van der Waals surface area contributed by atoms with Gasteiger partial charge in [-0.05, 0) is 0 Å². The molecule has 0 bridgehead atoms. The summed E-state index contributed by atoms with van der Waals surface area (Å²) in [6.45, 7) is 6.98. The SMILES string of the molecule is CC(C)(C)c1[c]([Zr+2][C]2=CC=CC2)[nH]c2ccccc12.[Cl-].[Cl-]. The molecule has 1 aromatic heterocycles. The minimum Gasteiger partial charge on any atom is -1.00 e. The molecule has 1 nitrogen and oxygen atoms in total. The van der Waals surface area contributed by atoms with Gasteiger partial charge < -0.3 is 24.8 Å². The second kappa shape index (κ2) is 7.31. The van der Waals surface area contributed by atoms with E-state index >= 15 is 0 Å². The zero-order valence-electron chi connectivity index (χ0n) is 12.5. The molecular weight excluding hydrogens is 380 g/mol. The zero-order chi connectivity index (χ0) is 13.5. The van der Waals surface area contributed by atoms with Gasteiger partial charge in [0.15, 0.2) is 0 Å². The number of hydrogen-bond acceptors (Lipinski definition) is 0. The Morgan fingerprint density at radius 1 is 1.10 bits per heavy atom. The van der Waals surface area contributed by atoms with Crippen LogP contribution in [0.1, 0.15) is 32.8 Å². The fourth-order valence-corrected chi connectivity index (χ4v) is 6.53. The van der Waals surface area contributed by atoms with Gasteiger partial charge in [0.1, 0.15) is 0 Å². The molecule has 4 heteroatoms. The third-order valence-corrected chi connectivity index (χ3v) is 6.75. The van der Waals surface area contributed by atoms with Gasteiger partial charge in [0.2, 0.25) is 0 Å². The molecule has 0 aliphatic heterocycles. The van der Waals surface area contributed by atoms with Crippen LogP contribution in [0.3, 0.4) is 0 Å². The maximum absolute atomic E-state index is 3.70. The van der Waals surface area contributed by atoms with E-state index in [1.54, 1.807) is 12.2 Å². The number of aromatic nitrogens is 1. The van der Waals surface area contributed by atoms with E-state index < -0.39 is 23.2 Å². The second-order valence-corrected chi connectivity index (χ2v) is 9.54. The molecule has 1 aliphatic carbocycles. The molecule has 1 aliphatic rings. The molecule has 0 saturated carbocycles. The van der Waals surface area contributed by atoms with E-state index in [1.165, 1.54) is 17.3 Å². The van der Waals surface area contributed by atoms with Crippen molar-refractivity contribution in [1.29, 1.82) is 0 Å². The van der Waals surface area contributed by atoms with Gasteiger partial charge in [-0.3, -0.25) is 0 Å². The van der Waals surface area contributed by atoms with Crippen molar-refractivity contribution in [3.63, 3.8) is 0 Å². The van der Waals surface area contributed by atoms with Gasteiger partial charge in [0, 0.05) is 0 Å². The number of nitrogens with one attached hydrogen (secondary N) is 1. The van der Waals surface area contributed by atoms with Gasteiger partial charge >= 0.3 is 126 Å². The number of fused-ring (bicyclic) bond motifs is 1. The molecule has 0 spiro atoms. The summed E-state index contributed by atoms with van der Waals surface area (Å²) in [6.07, 6.45) is 7.97. The maximum atomic E-state index is 3.70. The monoisotopic (exact) mass is 397 g/mol. The Hall–Kier alpha value is -0.297. The van der Waals surface area contributed by atoms with Gasteiger partial charge in [-0.25, -0.2) is 0 Å². The summed E-state index contributed by atoms with van der Waals surface area (Å²) in [4.78, 5) is 3.70. The Balaban J connectivity index is 0.00000110. The topological polar surface area (TPSA) is 15.8 Å². The van der Waals surface area contributed by atoms with Gasteiger partial charge in [-0.15, -0.1) is 0 Å². The molecule has 21 heavy (non-hydrogen) atoms. The first-order valence-corrected chi connectivity index (χ1v) is 9.25. The predicted molar refractivity (Wildman–Crippen MR) is 78.5 cm³/mol. The summed E-state index contributed by atoms with van der Waals surface area (Å²) < 4.78 is 3.22. The molecule has 0 unspecified atom stereocenters. The molecule has 1 aromatic carbocycles. The van der Waals surface area contributed by atoms with Crippen LogP contribution in [0.5, 0.6) is 0 Å². The van der Waals surface area contributed by atoms with Gasteiger partial charge in [-0.2, -0.15) is 0 Å². The van der Waals surface area contributed by atoms with Crippen LogP contribution in [0.4, 0.5) is 0 Å². The molecule has 0 amide bonds. The van der Waals surface area contributed by atoms with Crippen molar-refractivity contribution >= 4 is 14.3 Å². The number of allylic oxidation sites excluding steroid dienone is 4. The molecule has 110 valence electrons. The Morgan fingerprint density at radius 2 is 1.81 bits per heavy atom. The second-order valence-electron chi connectivity index (χ2n) is 6.12. The maximum Gasteiger partial charge on any atom is -1.00 e. The van der Waals surface area contributed by atoms with Crippen LogP contribution < -0.4 is 28.2 Å². The number of halogens is 2. The van der Waals surface area contributed by atoms with E-state index in [2.05, 4.69) is 68.2 Å². The van der Waals surface area contributed by atoms with E-state index in [9.17, 15) is 0 Å². The number of hydrogen-bond donors (Lipinski definition) is 1. The van der Waals surface area contributed by atoms with Crippen LogP contribution in [0.2, 0.25) is 0 Å². The smallest absolute Gasteiger partial charge is 1.00 e. The minimum absolute atomic E-state index is 0. The van der Waals surface area contributed by atoms with E-state index in [1.807, 2.05) is 0 Å². The van der Waals surface area contributed by atoms with E-state index in [4.69, 9.17) is 0 Å². The van der Waals surface area contributed by atoms with E-state index in [0.717, 1.165) is 0 Å². The van der Waals surface area contributed by atoms with Gasteiger partial charge in [0.05, 0.1) is 0 Å². The van der Waals surface area contributed by atoms with Gasteiger partial charge in [0.25, 0.3) is 0 Å². The average molecular weight is 399 g/mol. The number of para-hydroxylation sites is 1. The van der Waals surface area contributed by atoms with Crippen molar-refractivity contribution in [2.24, 2.45) is 0 Å². The summed E-state index contributed by atoms with van der Waals surface area (Å²) in [5, 5.41) is 1.41. The number of benzene rings is 1. The predicted octanol–water partition coefficient (Wildman–Crippen LogP) is -1.97. The summed E-state index contributed by atoms with van der Waals surface area (Å²) in [7, 11) is 0. The van der Waals surface area contributed by atoms with Crippen LogP contribution in [0.15, 0.2) is 45.8 Å². The first-order valence-electron chi connectivity index (χ1n) is 6.79. The molecule has 1 N–H and O–H groups in total. The molecule has 0 fully saturated rings. The van der Waals surface area contributed by atoms with E-state index in [0.29, 0.717) is 0 Å². The fourth-order valence-electron chi connectivity index (χ4n) is 2.72. The fraction of sp³-hybridized carbons (Fsp3) is 0.294. The molecular formula is C17H19Cl2NZr. The number of H-pyrrole nitrogens is 1. The molecule has 0 atom stereocenters. The summed E-state index contributed by atoms with van der Waals surface area (Å²) in [5.41, 5.74) is 3.06. The van der Waals surface area contributed by atoms with Crippen LogP contribution in [0, 0.1) is 0 Å². The summed E-state index contributed by atoms with van der Waals surface area (Å²) in [5.74, 6) is 0. The van der Waals surface area contributed by atoms with Crippen molar-refractivity contribution in [3.05, 3.63) is 51.3 Å². The Kier molecular flexibility index (Phi) is 6.53. The van der Waals surface area contributed by atoms with Gasteiger partial charge in [-0.1, -0.05) is 0 Å². The van der Waals surface area contributed by atoms with Crippen LogP contribution in [0.25, 0.3) is 10.9 Å². The standard InChI is InChI=1S/C12H14N.C5H5.2ClH.Zr/c1-12(2,3)10-8-13-11-7-5-4-6-9(10)11;1-2-4-5-3-1;;;/h4-7,13H,1-3H3;1-3H,4H2;2*1H;/q;;;;+2/p-2. The van der Waals surface area contributed by atoms with Crippen LogP contribution in [-0.4, -0.2) is 4.98 Å². The summed E-state index contributed by atoms with van der Waals surface area (Å²) >= 11 is -0.673. The van der Waals surface area contributed by atoms with Crippen molar-refractivity contribution in [2.75, 3.05) is 0 Å².